The summed E-state index contributed by atoms with van der Waals surface area (Å²) >= 11 is 6.69. The lowest BCUT2D eigenvalue weighted by molar-refractivity contribution is 0.0995. The number of primary amides is 1. The molecule has 0 unspecified atom stereocenters. The van der Waals surface area contributed by atoms with Crippen molar-refractivity contribution in [1.29, 1.82) is 0 Å². The third-order valence-corrected chi connectivity index (χ3v) is 4.17. The van der Waals surface area contributed by atoms with Crippen LogP contribution in [0.4, 0.5) is 5.69 Å². The van der Waals surface area contributed by atoms with Gasteiger partial charge in [0.1, 0.15) is 0 Å². The van der Waals surface area contributed by atoms with Crippen LogP contribution in [0.2, 0.25) is 0 Å². The highest BCUT2D eigenvalue weighted by Crippen LogP contribution is 2.24. The average molecular weight is 412 g/mol. The summed E-state index contributed by atoms with van der Waals surface area (Å²) in [6, 6.07) is 10.3. The molecule has 0 bridgehead atoms. The molecule has 4 nitrogen and oxygen atoms in total. The molecule has 0 heterocycles. The molecule has 0 radical (unpaired) electrons. The van der Waals surface area contributed by atoms with E-state index in [4.69, 9.17) is 5.73 Å². The number of amides is 2. The normalized spacial score (nSPS) is 10.2. The minimum atomic E-state index is -0.520. The molecule has 6 heteroatoms. The number of anilines is 1. The average Bonchev–Trinajstić information content (AvgIpc) is 2.40. The summed E-state index contributed by atoms with van der Waals surface area (Å²) in [5, 5.41) is 2.79. The lowest BCUT2D eigenvalue weighted by Crippen LogP contribution is -2.17. The van der Waals surface area contributed by atoms with Gasteiger partial charge in [-0.25, -0.2) is 0 Å². The zero-order valence-corrected chi connectivity index (χ0v) is 14.3. The summed E-state index contributed by atoms with van der Waals surface area (Å²) in [5.74, 6) is -0.785. The highest BCUT2D eigenvalue weighted by Gasteiger charge is 2.14. The van der Waals surface area contributed by atoms with Crippen LogP contribution in [0.3, 0.4) is 0 Å². The Hall–Kier alpha value is -1.66. The predicted molar refractivity (Wildman–Crippen MR) is 89.5 cm³/mol. The predicted octanol–water partition coefficient (Wildman–Crippen LogP) is 3.87. The lowest BCUT2D eigenvalue weighted by atomic mass is 10.1. The van der Waals surface area contributed by atoms with Gasteiger partial charge in [-0.1, -0.05) is 22.0 Å². The second-order valence-electron chi connectivity index (χ2n) is 4.42. The monoisotopic (exact) mass is 410 g/mol. The van der Waals surface area contributed by atoms with Gasteiger partial charge in [-0.15, -0.1) is 0 Å². The van der Waals surface area contributed by atoms with Crippen molar-refractivity contribution >= 4 is 49.4 Å². The van der Waals surface area contributed by atoms with Gasteiger partial charge >= 0.3 is 0 Å². The smallest absolute Gasteiger partial charge is 0.256 e. The van der Waals surface area contributed by atoms with E-state index in [1.54, 1.807) is 43.3 Å². The van der Waals surface area contributed by atoms with Crippen LogP contribution in [0.5, 0.6) is 0 Å². The van der Waals surface area contributed by atoms with E-state index < -0.39 is 5.91 Å². The van der Waals surface area contributed by atoms with Gasteiger partial charge in [0.25, 0.3) is 5.91 Å². The lowest BCUT2D eigenvalue weighted by Gasteiger charge is -2.11. The topological polar surface area (TPSA) is 72.2 Å². The first kappa shape index (κ1) is 15.7. The fourth-order valence-electron chi connectivity index (χ4n) is 1.90. The van der Waals surface area contributed by atoms with Crippen LogP contribution in [-0.4, -0.2) is 11.8 Å². The molecule has 2 rings (SSSR count). The zero-order chi connectivity index (χ0) is 15.6. The quantitative estimate of drug-likeness (QED) is 0.804. The molecule has 0 aliphatic carbocycles. The van der Waals surface area contributed by atoms with Crippen molar-refractivity contribution in [1.82, 2.24) is 0 Å². The number of carbonyl (C=O) groups is 2. The molecule has 2 aromatic rings. The largest absolute Gasteiger partial charge is 0.366 e. The molecule has 0 spiro atoms. The van der Waals surface area contributed by atoms with Gasteiger partial charge in [0.2, 0.25) is 5.91 Å². The first-order valence-corrected chi connectivity index (χ1v) is 7.64. The van der Waals surface area contributed by atoms with Crippen molar-refractivity contribution < 1.29 is 9.59 Å². The first-order valence-electron chi connectivity index (χ1n) is 6.06. The highest BCUT2D eigenvalue weighted by atomic mass is 79.9. The third-order valence-electron chi connectivity index (χ3n) is 3.02. The maximum atomic E-state index is 12.3. The van der Waals surface area contributed by atoms with E-state index in [1.807, 2.05) is 0 Å². The van der Waals surface area contributed by atoms with Crippen LogP contribution in [0.25, 0.3) is 0 Å². The van der Waals surface area contributed by atoms with Crippen LogP contribution in [0.1, 0.15) is 26.3 Å². The molecule has 108 valence electrons. The Morgan fingerprint density at radius 2 is 1.81 bits per heavy atom. The van der Waals surface area contributed by atoms with E-state index in [9.17, 15) is 9.59 Å². The molecule has 0 saturated heterocycles. The Balaban J connectivity index is 2.32. The van der Waals surface area contributed by atoms with E-state index >= 15 is 0 Å². The number of rotatable bonds is 3. The van der Waals surface area contributed by atoms with Gasteiger partial charge in [0, 0.05) is 20.2 Å². The van der Waals surface area contributed by atoms with Crippen LogP contribution in [0, 0.1) is 6.92 Å². The fourth-order valence-corrected chi connectivity index (χ4v) is 3.13. The Labute approximate surface area is 139 Å². The molecule has 2 aromatic carbocycles. The van der Waals surface area contributed by atoms with Crippen molar-refractivity contribution in [3.05, 3.63) is 62.0 Å². The molecule has 0 saturated carbocycles. The van der Waals surface area contributed by atoms with Gasteiger partial charge in [0.05, 0.1) is 5.56 Å². The van der Waals surface area contributed by atoms with Crippen molar-refractivity contribution in [3.8, 4) is 0 Å². The van der Waals surface area contributed by atoms with E-state index in [0.29, 0.717) is 26.9 Å². The molecule has 0 aliphatic heterocycles. The second-order valence-corrected chi connectivity index (χ2v) is 6.19. The van der Waals surface area contributed by atoms with E-state index in [-0.39, 0.29) is 5.91 Å². The summed E-state index contributed by atoms with van der Waals surface area (Å²) in [6.45, 7) is 1.74. The highest BCUT2D eigenvalue weighted by molar-refractivity contribution is 9.11. The molecule has 0 fully saturated rings. The molecule has 0 aliphatic rings. The van der Waals surface area contributed by atoms with Crippen LogP contribution < -0.4 is 11.1 Å². The van der Waals surface area contributed by atoms with Crippen LogP contribution in [-0.2, 0) is 0 Å². The molecule has 2 amide bonds. The summed E-state index contributed by atoms with van der Waals surface area (Å²) in [5.41, 5.74) is 7.40. The van der Waals surface area contributed by atoms with Crippen LogP contribution >= 0.6 is 31.9 Å². The van der Waals surface area contributed by atoms with Gasteiger partial charge in [-0.2, -0.15) is 0 Å². The van der Waals surface area contributed by atoms with E-state index in [0.717, 1.165) is 4.47 Å². The van der Waals surface area contributed by atoms with Gasteiger partial charge in [-0.3, -0.25) is 9.59 Å². The second kappa shape index (κ2) is 6.41. The summed E-state index contributed by atoms with van der Waals surface area (Å²) in [4.78, 5) is 23.6. The molecular weight excluding hydrogens is 400 g/mol. The first-order chi connectivity index (χ1) is 9.90. The van der Waals surface area contributed by atoms with E-state index in [1.165, 1.54) is 0 Å². The fraction of sp³-hybridized carbons (Fsp3) is 0.0667. The minimum Gasteiger partial charge on any atom is -0.366 e. The summed E-state index contributed by atoms with van der Waals surface area (Å²) in [7, 11) is 0. The molecular formula is C15H12Br2N2O2. The molecule has 3 N–H and O–H groups in total. The van der Waals surface area contributed by atoms with Crippen molar-refractivity contribution in [2.45, 2.75) is 6.92 Å². The van der Waals surface area contributed by atoms with Crippen molar-refractivity contribution in [2.75, 3.05) is 5.32 Å². The number of hydrogen-bond donors (Lipinski definition) is 2. The Morgan fingerprint density at radius 1 is 1.10 bits per heavy atom. The Bertz CT molecular complexity index is 730. The molecule has 0 aromatic heterocycles. The Kier molecular flexibility index (Phi) is 4.80. The number of nitrogens with one attached hydrogen (secondary N) is 1. The maximum Gasteiger partial charge on any atom is 0.256 e. The van der Waals surface area contributed by atoms with Gasteiger partial charge in [-0.05, 0) is 58.7 Å². The number of carbonyl (C=O) groups excluding carboxylic acids is 2. The number of benzene rings is 2. The molecule has 21 heavy (non-hydrogen) atoms. The van der Waals surface area contributed by atoms with Crippen molar-refractivity contribution in [2.24, 2.45) is 5.73 Å². The number of nitrogens with two attached hydrogens (primary N) is 1. The number of hydrogen-bond acceptors (Lipinski definition) is 2. The van der Waals surface area contributed by atoms with Crippen LogP contribution in [0.15, 0.2) is 45.3 Å². The molecule has 0 atom stereocenters. The summed E-state index contributed by atoms with van der Waals surface area (Å²) in [6.07, 6.45) is 0. The SMILES string of the molecule is Cc1c(NC(=O)c2ccc(Br)cc2Br)cccc1C(N)=O. The van der Waals surface area contributed by atoms with E-state index in [2.05, 4.69) is 37.2 Å². The third kappa shape index (κ3) is 3.51. The maximum absolute atomic E-state index is 12.3. The standard InChI is InChI=1S/C15H12Br2N2O2/c1-8-10(14(18)20)3-2-4-13(8)19-15(21)11-6-5-9(16)7-12(11)17/h2-7H,1H3,(H2,18,20)(H,19,21). The van der Waals surface area contributed by atoms with Gasteiger partial charge < -0.3 is 11.1 Å². The Morgan fingerprint density at radius 3 is 2.43 bits per heavy atom. The summed E-state index contributed by atoms with van der Waals surface area (Å²) < 4.78 is 1.55. The minimum absolute atomic E-state index is 0.265. The number of halogens is 2. The zero-order valence-electron chi connectivity index (χ0n) is 11.1. The van der Waals surface area contributed by atoms with Gasteiger partial charge in [0.15, 0.2) is 0 Å². The van der Waals surface area contributed by atoms with Crippen molar-refractivity contribution in [3.63, 3.8) is 0 Å².